The van der Waals surface area contributed by atoms with Crippen molar-refractivity contribution in [1.82, 2.24) is 9.88 Å². The molecule has 0 saturated carbocycles. The van der Waals surface area contributed by atoms with Gasteiger partial charge in [-0.1, -0.05) is 13.8 Å². The van der Waals surface area contributed by atoms with Crippen molar-refractivity contribution < 1.29 is 9.53 Å². The van der Waals surface area contributed by atoms with E-state index >= 15 is 0 Å². The zero-order valence-electron chi connectivity index (χ0n) is 13.0. The molecule has 6 nitrogen and oxygen atoms in total. The maximum Gasteiger partial charge on any atom is 0.321 e. The van der Waals surface area contributed by atoms with Crippen LogP contribution in [0.3, 0.4) is 0 Å². The number of anilines is 1. The van der Waals surface area contributed by atoms with Crippen molar-refractivity contribution in [3.05, 3.63) is 18.3 Å². The number of carbonyl (C=O) groups excluding carboxylic acids is 1. The highest BCUT2D eigenvalue weighted by molar-refractivity contribution is 5.89. The second kappa shape index (κ2) is 8.10. The monoisotopic (exact) mass is 290 g/mol. The van der Waals surface area contributed by atoms with Crippen LogP contribution in [0.25, 0.3) is 0 Å². The number of nitrogens with zero attached hydrogens (tertiary/aromatic N) is 3. The van der Waals surface area contributed by atoms with E-state index in [0.29, 0.717) is 30.5 Å². The van der Waals surface area contributed by atoms with Crippen LogP contribution in [-0.4, -0.2) is 35.6 Å². The number of amides is 2. The third-order valence-electron chi connectivity index (χ3n) is 2.92. The van der Waals surface area contributed by atoms with E-state index in [1.807, 2.05) is 13.0 Å². The van der Waals surface area contributed by atoms with Gasteiger partial charge in [0.05, 0.1) is 31.0 Å². The van der Waals surface area contributed by atoms with E-state index in [2.05, 4.69) is 24.1 Å². The first-order chi connectivity index (χ1) is 9.93. The SMILES string of the molecule is CC(C)COc1ccc(NC(=O)N(C)[C@H](C)CC#N)cn1. The van der Waals surface area contributed by atoms with Crippen molar-refractivity contribution in [2.75, 3.05) is 19.0 Å². The van der Waals surface area contributed by atoms with Crippen LogP contribution in [0.15, 0.2) is 18.3 Å². The van der Waals surface area contributed by atoms with Crippen LogP contribution < -0.4 is 10.1 Å². The molecule has 0 radical (unpaired) electrons. The summed E-state index contributed by atoms with van der Waals surface area (Å²) in [4.78, 5) is 17.6. The summed E-state index contributed by atoms with van der Waals surface area (Å²) < 4.78 is 5.47. The molecule has 1 heterocycles. The molecule has 0 fully saturated rings. The molecule has 0 bridgehead atoms. The lowest BCUT2D eigenvalue weighted by atomic mass is 10.2. The van der Waals surface area contributed by atoms with Crippen molar-refractivity contribution in [2.45, 2.75) is 33.2 Å². The van der Waals surface area contributed by atoms with Crippen molar-refractivity contribution in [2.24, 2.45) is 5.92 Å². The molecule has 0 aliphatic heterocycles. The highest BCUT2D eigenvalue weighted by Crippen LogP contribution is 2.13. The lowest BCUT2D eigenvalue weighted by Gasteiger charge is -2.23. The lowest BCUT2D eigenvalue weighted by molar-refractivity contribution is 0.208. The third-order valence-corrected chi connectivity index (χ3v) is 2.92. The average Bonchev–Trinajstić information content (AvgIpc) is 2.45. The van der Waals surface area contributed by atoms with Gasteiger partial charge < -0.3 is 15.0 Å². The minimum Gasteiger partial charge on any atom is -0.477 e. The summed E-state index contributed by atoms with van der Waals surface area (Å²) in [6.07, 6.45) is 1.85. The third kappa shape index (κ3) is 5.69. The minimum absolute atomic E-state index is 0.142. The Bertz CT molecular complexity index is 493. The lowest BCUT2D eigenvalue weighted by Crippen LogP contribution is -2.38. The van der Waals surface area contributed by atoms with Crippen molar-refractivity contribution in [1.29, 1.82) is 5.26 Å². The van der Waals surface area contributed by atoms with Gasteiger partial charge in [0.15, 0.2) is 0 Å². The maximum absolute atomic E-state index is 12.0. The Morgan fingerprint density at radius 2 is 2.19 bits per heavy atom. The number of rotatable bonds is 6. The van der Waals surface area contributed by atoms with E-state index in [0.717, 1.165) is 0 Å². The molecule has 0 aromatic carbocycles. The van der Waals surface area contributed by atoms with E-state index in [1.54, 1.807) is 25.4 Å². The molecule has 1 atom stereocenters. The van der Waals surface area contributed by atoms with Crippen LogP contribution in [0.4, 0.5) is 10.5 Å². The Morgan fingerprint density at radius 1 is 1.48 bits per heavy atom. The summed E-state index contributed by atoms with van der Waals surface area (Å²) in [6.45, 7) is 6.55. The number of nitriles is 1. The number of hydrogen-bond acceptors (Lipinski definition) is 4. The zero-order valence-corrected chi connectivity index (χ0v) is 13.0. The number of urea groups is 1. The predicted molar refractivity (Wildman–Crippen MR) is 81.0 cm³/mol. The highest BCUT2D eigenvalue weighted by atomic mass is 16.5. The summed E-state index contributed by atoms with van der Waals surface area (Å²) in [5.41, 5.74) is 0.591. The van der Waals surface area contributed by atoms with Gasteiger partial charge in [-0.2, -0.15) is 5.26 Å². The number of aromatic nitrogens is 1. The molecule has 1 aromatic heterocycles. The molecule has 114 valence electrons. The van der Waals surface area contributed by atoms with Crippen LogP contribution in [0.5, 0.6) is 5.88 Å². The van der Waals surface area contributed by atoms with E-state index in [-0.39, 0.29) is 12.1 Å². The normalized spacial score (nSPS) is 11.6. The summed E-state index contributed by atoms with van der Waals surface area (Å²) in [7, 11) is 1.66. The van der Waals surface area contributed by atoms with Gasteiger partial charge in [-0.25, -0.2) is 9.78 Å². The molecule has 1 rings (SSSR count). The van der Waals surface area contributed by atoms with E-state index in [1.165, 1.54) is 4.90 Å². The number of ether oxygens (including phenoxy) is 1. The summed E-state index contributed by atoms with van der Waals surface area (Å²) >= 11 is 0. The fraction of sp³-hybridized carbons (Fsp3) is 0.533. The number of pyridine rings is 1. The quantitative estimate of drug-likeness (QED) is 0.873. The van der Waals surface area contributed by atoms with Gasteiger partial charge in [-0.3, -0.25) is 0 Å². The van der Waals surface area contributed by atoms with Crippen molar-refractivity contribution in [3.63, 3.8) is 0 Å². The summed E-state index contributed by atoms with van der Waals surface area (Å²) in [5.74, 6) is 0.967. The zero-order chi connectivity index (χ0) is 15.8. The molecule has 2 amide bonds. The minimum atomic E-state index is -0.268. The molecule has 1 aromatic rings. The summed E-state index contributed by atoms with van der Waals surface area (Å²) in [6, 6.07) is 5.10. The number of hydrogen-bond donors (Lipinski definition) is 1. The largest absolute Gasteiger partial charge is 0.477 e. The molecule has 6 heteroatoms. The molecule has 0 aliphatic rings. The van der Waals surface area contributed by atoms with Gasteiger partial charge in [-0.05, 0) is 18.9 Å². The maximum atomic E-state index is 12.0. The van der Waals surface area contributed by atoms with E-state index in [4.69, 9.17) is 10.00 Å². The molecule has 21 heavy (non-hydrogen) atoms. The van der Waals surface area contributed by atoms with E-state index < -0.39 is 0 Å². The standard InChI is InChI=1S/C15H22N4O2/c1-11(2)10-21-14-6-5-13(9-17-14)18-15(20)19(4)12(3)7-8-16/h5-6,9,11-12H,7,10H2,1-4H3,(H,18,20)/t12-/m1/s1. The molecular weight excluding hydrogens is 268 g/mol. The van der Waals surface area contributed by atoms with Gasteiger partial charge in [0.1, 0.15) is 0 Å². The number of carbonyl (C=O) groups is 1. The Morgan fingerprint density at radius 3 is 2.71 bits per heavy atom. The Balaban J connectivity index is 2.55. The topological polar surface area (TPSA) is 78.2 Å². The Hall–Kier alpha value is -2.29. The Kier molecular flexibility index (Phi) is 6.47. The molecule has 0 saturated heterocycles. The van der Waals surface area contributed by atoms with E-state index in [9.17, 15) is 4.79 Å². The van der Waals surface area contributed by atoms with Gasteiger partial charge in [0.2, 0.25) is 5.88 Å². The van der Waals surface area contributed by atoms with Crippen LogP contribution in [0.2, 0.25) is 0 Å². The molecule has 0 spiro atoms. The first kappa shape index (κ1) is 16.8. The van der Waals surface area contributed by atoms with Gasteiger partial charge in [-0.15, -0.1) is 0 Å². The second-order valence-corrected chi connectivity index (χ2v) is 5.34. The van der Waals surface area contributed by atoms with Gasteiger partial charge in [0, 0.05) is 19.2 Å². The fourth-order valence-corrected chi connectivity index (χ4v) is 1.47. The van der Waals surface area contributed by atoms with Crippen molar-refractivity contribution in [3.8, 4) is 11.9 Å². The first-order valence-corrected chi connectivity index (χ1v) is 6.93. The molecule has 0 unspecified atom stereocenters. The molecule has 1 N–H and O–H groups in total. The smallest absolute Gasteiger partial charge is 0.321 e. The highest BCUT2D eigenvalue weighted by Gasteiger charge is 2.15. The molecule has 0 aliphatic carbocycles. The van der Waals surface area contributed by atoms with Crippen molar-refractivity contribution >= 4 is 11.7 Å². The average molecular weight is 290 g/mol. The summed E-state index contributed by atoms with van der Waals surface area (Å²) in [5, 5.41) is 11.4. The number of nitrogens with one attached hydrogen (secondary N) is 1. The van der Waals surface area contributed by atoms with Crippen LogP contribution in [-0.2, 0) is 0 Å². The second-order valence-electron chi connectivity index (χ2n) is 5.34. The van der Waals surface area contributed by atoms with Gasteiger partial charge in [0.25, 0.3) is 0 Å². The fourth-order valence-electron chi connectivity index (χ4n) is 1.47. The molecular formula is C15H22N4O2. The van der Waals surface area contributed by atoms with Crippen LogP contribution in [0, 0.1) is 17.2 Å². The van der Waals surface area contributed by atoms with Crippen LogP contribution >= 0.6 is 0 Å². The Labute approximate surface area is 125 Å². The van der Waals surface area contributed by atoms with Crippen LogP contribution in [0.1, 0.15) is 27.2 Å². The van der Waals surface area contributed by atoms with Gasteiger partial charge >= 0.3 is 6.03 Å². The first-order valence-electron chi connectivity index (χ1n) is 6.93. The predicted octanol–water partition coefficient (Wildman–Crippen LogP) is 2.88.